The monoisotopic (exact) mass is 235 g/mol. The molecule has 0 spiro atoms. The maximum atomic E-state index is 13.5. The zero-order chi connectivity index (χ0) is 11.7. The van der Waals surface area contributed by atoms with Crippen molar-refractivity contribution >= 4 is 17.1 Å². The zero-order valence-electron chi connectivity index (χ0n) is 8.95. The van der Waals surface area contributed by atoms with Crippen LogP contribution in [0, 0.1) is 12.7 Å². The Morgan fingerprint density at radius 1 is 1.44 bits per heavy atom. The average molecular weight is 235 g/mol. The van der Waals surface area contributed by atoms with Crippen LogP contribution < -0.4 is 0 Å². The number of nitrogens with zero attached hydrogens (tertiary/aromatic N) is 1. The van der Waals surface area contributed by atoms with Gasteiger partial charge in [0.2, 0.25) is 0 Å². The zero-order valence-corrected chi connectivity index (χ0v) is 9.77. The van der Waals surface area contributed by atoms with Gasteiger partial charge in [-0.2, -0.15) is 0 Å². The Kier molecular flexibility index (Phi) is 2.83. The van der Waals surface area contributed by atoms with Gasteiger partial charge in [0.05, 0.1) is 0 Å². The second kappa shape index (κ2) is 4.14. The highest BCUT2D eigenvalue weighted by Crippen LogP contribution is 2.27. The summed E-state index contributed by atoms with van der Waals surface area (Å²) in [5.74, 6) is -0.411. The van der Waals surface area contributed by atoms with Crippen molar-refractivity contribution in [1.82, 2.24) is 4.98 Å². The molecule has 82 valence electrons. The summed E-state index contributed by atoms with van der Waals surface area (Å²) in [5.41, 5.74) is 1.81. The van der Waals surface area contributed by atoms with E-state index in [4.69, 9.17) is 0 Å². The van der Waals surface area contributed by atoms with Crippen LogP contribution in [0.15, 0.2) is 23.6 Å². The number of Topliss-reactive ketones (excluding diaryl/α,β-unsaturated/α-hetero) is 1. The maximum absolute atomic E-state index is 13.5. The van der Waals surface area contributed by atoms with E-state index in [-0.39, 0.29) is 11.6 Å². The molecular formula is C12H10FNOS. The van der Waals surface area contributed by atoms with E-state index in [0.717, 1.165) is 5.56 Å². The van der Waals surface area contributed by atoms with Crippen LogP contribution in [-0.2, 0) is 0 Å². The highest BCUT2D eigenvalue weighted by molar-refractivity contribution is 7.13. The van der Waals surface area contributed by atoms with Crippen LogP contribution in [-0.4, -0.2) is 10.8 Å². The molecule has 16 heavy (non-hydrogen) atoms. The normalized spacial score (nSPS) is 10.4. The lowest BCUT2D eigenvalue weighted by atomic mass is 10.1. The van der Waals surface area contributed by atoms with Crippen molar-refractivity contribution in [2.45, 2.75) is 13.8 Å². The molecule has 0 N–H and O–H groups in total. The lowest BCUT2D eigenvalue weighted by molar-refractivity contribution is 0.101. The number of hydrogen-bond donors (Lipinski definition) is 0. The van der Waals surface area contributed by atoms with Crippen molar-refractivity contribution in [2.24, 2.45) is 0 Å². The Balaban J connectivity index is 2.50. The predicted octanol–water partition coefficient (Wildman–Crippen LogP) is 3.46. The smallest absolute Gasteiger partial charge is 0.178 e. The first-order valence-electron chi connectivity index (χ1n) is 4.81. The van der Waals surface area contributed by atoms with E-state index in [1.165, 1.54) is 24.3 Å². The highest BCUT2D eigenvalue weighted by Gasteiger charge is 2.11. The van der Waals surface area contributed by atoms with E-state index in [1.807, 2.05) is 6.92 Å². The lowest BCUT2D eigenvalue weighted by Gasteiger charge is -2.00. The molecule has 0 radical (unpaired) electrons. The van der Waals surface area contributed by atoms with Crippen LogP contribution in [0.1, 0.15) is 23.0 Å². The number of carbonyl (C=O) groups excluding carboxylic acids is 1. The van der Waals surface area contributed by atoms with Gasteiger partial charge in [0.1, 0.15) is 16.5 Å². The fourth-order valence-corrected chi connectivity index (χ4v) is 2.24. The maximum Gasteiger partial charge on any atom is 0.178 e. The van der Waals surface area contributed by atoms with E-state index in [0.29, 0.717) is 16.3 Å². The Hall–Kier alpha value is -1.55. The fourth-order valence-electron chi connectivity index (χ4n) is 1.36. The summed E-state index contributed by atoms with van der Waals surface area (Å²) in [5, 5.41) is 2.20. The molecule has 0 atom stereocenters. The van der Waals surface area contributed by atoms with Gasteiger partial charge in [-0.25, -0.2) is 9.37 Å². The molecule has 2 nitrogen and oxygen atoms in total. The van der Waals surface area contributed by atoms with Crippen LogP contribution in [0.5, 0.6) is 0 Å². The third kappa shape index (κ3) is 2.02. The first-order valence-corrected chi connectivity index (χ1v) is 5.69. The first-order chi connectivity index (χ1) is 7.58. The molecule has 1 aromatic heterocycles. The average Bonchev–Trinajstić information content (AvgIpc) is 2.70. The molecule has 4 heteroatoms. The molecule has 1 aromatic carbocycles. The Labute approximate surface area is 96.8 Å². The number of halogens is 1. The Morgan fingerprint density at radius 2 is 2.19 bits per heavy atom. The van der Waals surface area contributed by atoms with E-state index >= 15 is 0 Å². The van der Waals surface area contributed by atoms with Gasteiger partial charge >= 0.3 is 0 Å². The number of thiazole rings is 1. The number of aryl methyl sites for hydroxylation is 1. The summed E-state index contributed by atoms with van der Waals surface area (Å²) >= 11 is 1.28. The number of aromatic nitrogens is 1. The summed E-state index contributed by atoms with van der Waals surface area (Å²) < 4.78 is 13.5. The fraction of sp³-hybridized carbons (Fsp3) is 0.167. The molecule has 0 fully saturated rings. The molecule has 2 rings (SSSR count). The molecule has 1 heterocycles. The SMILES string of the molecule is CC(=O)c1csc(-c2cc(C)ccc2F)n1. The van der Waals surface area contributed by atoms with Crippen molar-refractivity contribution < 1.29 is 9.18 Å². The van der Waals surface area contributed by atoms with Crippen LogP contribution in [0.3, 0.4) is 0 Å². The third-order valence-electron chi connectivity index (χ3n) is 2.22. The summed E-state index contributed by atoms with van der Waals surface area (Å²) in [6.07, 6.45) is 0. The van der Waals surface area contributed by atoms with Gasteiger partial charge in [-0.15, -0.1) is 11.3 Å². The number of rotatable bonds is 2. The minimum Gasteiger partial charge on any atom is -0.293 e. The largest absolute Gasteiger partial charge is 0.293 e. The minimum absolute atomic E-state index is 0.101. The van der Waals surface area contributed by atoms with Crippen molar-refractivity contribution in [1.29, 1.82) is 0 Å². The number of hydrogen-bond acceptors (Lipinski definition) is 3. The minimum atomic E-state index is -0.310. The van der Waals surface area contributed by atoms with Crippen molar-refractivity contribution in [2.75, 3.05) is 0 Å². The topological polar surface area (TPSA) is 30.0 Å². The van der Waals surface area contributed by atoms with Crippen LogP contribution >= 0.6 is 11.3 Å². The van der Waals surface area contributed by atoms with E-state index in [1.54, 1.807) is 17.5 Å². The molecular weight excluding hydrogens is 225 g/mol. The molecule has 0 aliphatic carbocycles. The van der Waals surface area contributed by atoms with E-state index in [9.17, 15) is 9.18 Å². The van der Waals surface area contributed by atoms with Gasteiger partial charge in [-0.3, -0.25) is 4.79 Å². The molecule has 0 bridgehead atoms. The number of carbonyl (C=O) groups is 1. The summed E-state index contributed by atoms with van der Waals surface area (Å²) in [6.45, 7) is 3.34. The second-order valence-corrected chi connectivity index (χ2v) is 4.44. The van der Waals surface area contributed by atoms with E-state index in [2.05, 4.69) is 4.98 Å². The van der Waals surface area contributed by atoms with Gasteiger partial charge in [0, 0.05) is 17.9 Å². The number of benzene rings is 1. The van der Waals surface area contributed by atoms with Crippen molar-refractivity contribution in [3.05, 3.63) is 40.7 Å². The van der Waals surface area contributed by atoms with Crippen LogP contribution in [0.2, 0.25) is 0 Å². The molecule has 0 saturated carbocycles. The van der Waals surface area contributed by atoms with Gasteiger partial charge in [-0.1, -0.05) is 11.6 Å². The summed E-state index contributed by atoms with van der Waals surface area (Å²) in [6, 6.07) is 4.86. The summed E-state index contributed by atoms with van der Waals surface area (Å²) in [4.78, 5) is 15.2. The van der Waals surface area contributed by atoms with Gasteiger partial charge in [0.25, 0.3) is 0 Å². The predicted molar refractivity (Wildman–Crippen MR) is 62.2 cm³/mol. The highest BCUT2D eigenvalue weighted by atomic mass is 32.1. The quantitative estimate of drug-likeness (QED) is 0.746. The van der Waals surface area contributed by atoms with Crippen LogP contribution in [0.4, 0.5) is 4.39 Å². The van der Waals surface area contributed by atoms with E-state index < -0.39 is 0 Å². The molecule has 0 amide bonds. The molecule has 0 aliphatic rings. The van der Waals surface area contributed by atoms with Gasteiger partial charge < -0.3 is 0 Å². The van der Waals surface area contributed by atoms with Crippen molar-refractivity contribution in [3.63, 3.8) is 0 Å². The molecule has 2 aromatic rings. The molecule has 0 aliphatic heterocycles. The first kappa shape index (κ1) is 11.0. The van der Waals surface area contributed by atoms with Crippen molar-refractivity contribution in [3.8, 4) is 10.6 Å². The lowest BCUT2D eigenvalue weighted by Crippen LogP contribution is -1.92. The van der Waals surface area contributed by atoms with Gasteiger partial charge in [0.15, 0.2) is 5.78 Å². The molecule has 0 unspecified atom stereocenters. The standard InChI is InChI=1S/C12H10FNOS/c1-7-3-4-10(13)9(5-7)12-14-11(6-16-12)8(2)15/h3-6H,1-2H3. The third-order valence-corrected chi connectivity index (χ3v) is 3.09. The molecule has 0 saturated heterocycles. The summed E-state index contributed by atoms with van der Waals surface area (Å²) in [7, 11) is 0. The van der Waals surface area contributed by atoms with Crippen LogP contribution in [0.25, 0.3) is 10.6 Å². The Morgan fingerprint density at radius 3 is 2.81 bits per heavy atom. The van der Waals surface area contributed by atoms with Gasteiger partial charge in [-0.05, 0) is 19.1 Å². The Bertz CT molecular complexity index is 548. The second-order valence-electron chi connectivity index (χ2n) is 3.58. The number of ketones is 1.